The van der Waals surface area contributed by atoms with E-state index in [9.17, 15) is 4.79 Å². The molecule has 0 fully saturated rings. The summed E-state index contributed by atoms with van der Waals surface area (Å²) in [5, 5.41) is 12.4. The van der Waals surface area contributed by atoms with Crippen molar-refractivity contribution >= 4 is 62.5 Å². The summed E-state index contributed by atoms with van der Waals surface area (Å²) in [7, 11) is 0. The molecule has 0 bridgehead atoms. The summed E-state index contributed by atoms with van der Waals surface area (Å²) in [5.74, 6) is 0.0112. The van der Waals surface area contributed by atoms with Crippen molar-refractivity contribution in [1.29, 1.82) is 0 Å². The lowest BCUT2D eigenvalue weighted by molar-refractivity contribution is -0.119. The van der Waals surface area contributed by atoms with Gasteiger partial charge in [-0.2, -0.15) is 10.2 Å². The maximum absolute atomic E-state index is 12.4. The van der Waals surface area contributed by atoms with Gasteiger partial charge < -0.3 is 5.32 Å². The van der Waals surface area contributed by atoms with Crippen LogP contribution in [-0.2, 0) is 11.3 Å². The smallest absolute Gasteiger partial charge is 0.250 e. The standard InChI is InChI=1S/C16H13BrCl3N5O/c1-9(25-7-11(17)5-21-25)16(26)22-15-14(20)8-24(23-15)6-10-2-3-12(18)13(19)4-10/h2-5,7-9H,6H2,1H3,(H,22,23,26). The summed E-state index contributed by atoms with van der Waals surface area (Å²) in [4.78, 5) is 12.4. The molecule has 0 aliphatic rings. The molecule has 1 amide bonds. The minimum atomic E-state index is -0.516. The van der Waals surface area contributed by atoms with E-state index in [4.69, 9.17) is 34.8 Å². The lowest BCUT2D eigenvalue weighted by Gasteiger charge is -2.11. The van der Waals surface area contributed by atoms with Crippen molar-refractivity contribution in [3.8, 4) is 0 Å². The van der Waals surface area contributed by atoms with E-state index in [0.29, 0.717) is 21.6 Å². The molecular weight excluding hydrogens is 464 g/mol. The van der Waals surface area contributed by atoms with Gasteiger partial charge in [0.25, 0.3) is 0 Å². The van der Waals surface area contributed by atoms with Crippen molar-refractivity contribution in [3.05, 3.63) is 61.9 Å². The van der Waals surface area contributed by atoms with E-state index in [1.807, 2.05) is 6.07 Å². The van der Waals surface area contributed by atoms with E-state index in [2.05, 4.69) is 31.4 Å². The molecule has 0 aliphatic carbocycles. The molecule has 136 valence electrons. The fourth-order valence-corrected chi connectivity index (χ4v) is 3.08. The molecule has 2 aromatic heterocycles. The summed E-state index contributed by atoms with van der Waals surface area (Å²) in [6, 6.07) is 4.81. The second kappa shape index (κ2) is 8.00. The summed E-state index contributed by atoms with van der Waals surface area (Å²) in [6.07, 6.45) is 4.96. The van der Waals surface area contributed by atoms with Crippen LogP contribution in [0.3, 0.4) is 0 Å². The molecule has 1 aromatic carbocycles. The van der Waals surface area contributed by atoms with Crippen LogP contribution < -0.4 is 5.32 Å². The Morgan fingerprint density at radius 1 is 1.23 bits per heavy atom. The first-order valence-corrected chi connectivity index (χ1v) is 9.43. The van der Waals surface area contributed by atoms with E-state index in [1.165, 1.54) is 0 Å². The fraction of sp³-hybridized carbons (Fsp3) is 0.188. The first-order chi connectivity index (χ1) is 12.3. The minimum absolute atomic E-state index is 0.276. The van der Waals surface area contributed by atoms with Gasteiger partial charge in [-0.25, -0.2) is 0 Å². The Kier molecular flexibility index (Phi) is 5.92. The number of rotatable bonds is 5. The van der Waals surface area contributed by atoms with Crippen LogP contribution in [0.5, 0.6) is 0 Å². The third-order valence-corrected chi connectivity index (χ3v) is 5.06. The largest absolute Gasteiger partial charge is 0.306 e. The summed E-state index contributed by atoms with van der Waals surface area (Å²) < 4.78 is 3.95. The van der Waals surface area contributed by atoms with Gasteiger partial charge in [-0.05, 0) is 40.5 Å². The van der Waals surface area contributed by atoms with E-state index < -0.39 is 6.04 Å². The highest BCUT2D eigenvalue weighted by atomic mass is 79.9. The Labute approximate surface area is 173 Å². The number of benzene rings is 1. The third-order valence-electron chi connectivity index (χ3n) is 3.63. The number of anilines is 1. The quantitative estimate of drug-likeness (QED) is 0.559. The Morgan fingerprint density at radius 3 is 2.65 bits per heavy atom. The molecule has 0 saturated carbocycles. The number of nitrogens with zero attached hydrogens (tertiary/aromatic N) is 4. The molecule has 0 aliphatic heterocycles. The number of carbonyl (C=O) groups is 1. The average molecular weight is 478 g/mol. The molecule has 1 atom stereocenters. The summed E-state index contributed by atoms with van der Waals surface area (Å²) in [6.45, 7) is 2.17. The molecule has 1 unspecified atom stereocenters. The first kappa shape index (κ1) is 19.2. The zero-order valence-electron chi connectivity index (χ0n) is 13.5. The van der Waals surface area contributed by atoms with Crippen molar-refractivity contribution in [2.45, 2.75) is 19.5 Å². The normalized spacial score (nSPS) is 12.2. The van der Waals surface area contributed by atoms with Crippen LogP contribution in [-0.4, -0.2) is 25.5 Å². The number of aromatic nitrogens is 4. The third kappa shape index (κ3) is 4.40. The zero-order chi connectivity index (χ0) is 18.8. The van der Waals surface area contributed by atoms with Crippen molar-refractivity contribution < 1.29 is 4.79 Å². The molecule has 3 rings (SSSR count). The molecule has 1 N–H and O–H groups in total. The number of hydrogen-bond acceptors (Lipinski definition) is 3. The Bertz CT molecular complexity index is 955. The highest BCUT2D eigenvalue weighted by molar-refractivity contribution is 9.10. The van der Waals surface area contributed by atoms with E-state index in [-0.39, 0.29) is 11.7 Å². The predicted octanol–water partition coefficient (Wildman–Crippen LogP) is 5.05. The lowest BCUT2D eigenvalue weighted by Crippen LogP contribution is -2.24. The number of carbonyl (C=O) groups excluding carboxylic acids is 1. The van der Waals surface area contributed by atoms with Gasteiger partial charge in [-0.15, -0.1) is 0 Å². The maximum Gasteiger partial charge on any atom is 0.250 e. The Morgan fingerprint density at radius 2 is 2.00 bits per heavy atom. The number of hydrogen-bond donors (Lipinski definition) is 1. The maximum atomic E-state index is 12.4. The van der Waals surface area contributed by atoms with Crippen LogP contribution >= 0.6 is 50.7 Å². The lowest BCUT2D eigenvalue weighted by atomic mass is 10.2. The van der Waals surface area contributed by atoms with Gasteiger partial charge in [-0.3, -0.25) is 14.2 Å². The molecule has 26 heavy (non-hydrogen) atoms. The van der Waals surface area contributed by atoms with Crippen molar-refractivity contribution in [2.24, 2.45) is 0 Å². The Hall–Kier alpha value is -1.54. The van der Waals surface area contributed by atoms with Gasteiger partial charge in [0, 0.05) is 12.4 Å². The average Bonchev–Trinajstić information content (AvgIpc) is 3.16. The van der Waals surface area contributed by atoms with Crippen LogP contribution in [0.25, 0.3) is 0 Å². The number of nitrogens with one attached hydrogen (secondary N) is 1. The number of halogens is 4. The van der Waals surface area contributed by atoms with Crippen LogP contribution in [0.1, 0.15) is 18.5 Å². The zero-order valence-corrected chi connectivity index (χ0v) is 17.3. The van der Waals surface area contributed by atoms with E-state index in [1.54, 1.807) is 47.0 Å². The fourth-order valence-electron chi connectivity index (χ4n) is 2.26. The second-order valence-electron chi connectivity index (χ2n) is 5.58. The van der Waals surface area contributed by atoms with Crippen LogP contribution in [0.15, 0.2) is 41.3 Å². The molecular formula is C16H13BrCl3N5O. The van der Waals surface area contributed by atoms with Gasteiger partial charge in [0.05, 0.1) is 27.3 Å². The monoisotopic (exact) mass is 475 g/mol. The highest BCUT2D eigenvalue weighted by Gasteiger charge is 2.19. The van der Waals surface area contributed by atoms with Crippen molar-refractivity contribution in [1.82, 2.24) is 19.6 Å². The summed E-state index contributed by atoms with van der Waals surface area (Å²) in [5.41, 5.74) is 0.909. The van der Waals surface area contributed by atoms with Crippen LogP contribution in [0, 0.1) is 0 Å². The topological polar surface area (TPSA) is 64.7 Å². The van der Waals surface area contributed by atoms with Gasteiger partial charge in [0.1, 0.15) is 11.1 Å². The van der Waals surface area contributed by atoms with Crippen molar-refractivity contribution in [2.75, 3.05) is 5.32 Å². The molecule has 6 nitrogen and oxygen atoms in total. The van der Waals surface area contributed by atoms with Crippen LogP contribution in [0.2, 0.25) is 15.1 Å². The van der Waals surface area contributed by atoms with E-state index >= 15 is 0 Å². The van der Waals surface area contributed by atoms with E-state index in [0.717, 1.165) is 10.0 Å². The molecule has 3 aromatic rings. The molecule has 0 saturated heterocycles. The number of amides is 1. The van der Waals surface area contributed by atoms with Gasteiger partial charge in [-0.1, -0.05) is 40.9 Å². The predicted molar refractivity (Wildman–Crippen MR) is 106 cm³/mol. The minimum Gasteiger partial charge on any atom is -0.306 e. The molecule has 0 spiro atoms. The molecule has 2 heterocycles. The van der Waals surface area contributed by atoms with Gasteiger partial charge in [0.2, 0.25) is 5.91 Å². The Balaban J connectivity index is 1.71. The first-order valence-electron chi connectivity index (χ1n) is 7.51. The summed E-state index contributed by atoms with van der Waals surface area (Å²) >= 11 is 21.4. The highest BCUT2D eigenvalue weighted by Crippen LogP contribution is 2.25. The molecule has 10 heteroatoms. The second-order valence-corrected chi connectivity index (χ2v) is 7.71. The van der Waals surface area contributed by atoms with Crippen molar-refractivity contribution in [3.63, 3.8) is 0 Å². The van der Waals surface area contributed by atoms with Gasteiger partial charge in [0.15, 0.2) is 5.82 Å². The molecule has 0 radical (unpaired) electrons. The van der Waals surface area contributed by atoms with Crippen LogP contribution in [0.4, 0.5) is 5.82 Å². The SMILES string of the molecule is CC(C(=O)Nc1nn(Cc2ccc(Cl)c(Cl)c2)cc1Cl)n1cc(Br)cn1. The van der Waals surface area contributed by atoms with Gasteiger partial charge >= 0.3 is 0 Å².